The number of hydrogen-bond donors (Lipinski definition) is 1. The summed E-state index contributed by atoms with van der Waals surface area (Å²) in [6.07, 6.45) is 7.91. The predicted molar refractivity (Wildman–Crippen MR) is 74.5 cm³/mol. The van der Waals surface area contributed by atoms with Gasteiger partial charge in [-0.05, 0) is 41.5 Å². The van der Waals surface area contributed by atoms with Gasteiger partial charge in [0.05, 0.1) is 0 Å². The van der Waals surface area contributed by atoms with Crippen LogP contribution in [0.4, 0.5) is 0 Å². The molecule has 1 aliphatic carbocycles. The van der Waals surface area contributed by atoms with Crippen molar-refractivity contribution in [3.8, 4) is 0 Å². The molecule has 2 rings (SSSR count). The van der Waals surface area contributed by atoms with E-state index in [0.717, 1.165) is 0 Å². The molecule has 0 heterocycles. The summed E-state index contributed by atoms with van der Waals surface area (Å²) < 4.78 is 0. The SMILES string of the molecule is C/C=C\C1=C(/C=C/N)C(C)(C)c2ccccc21. The molecule has 1 aromatic rings. The molecule has 0 amide bonds. The first-order valence-corrected chi connectivity index (χ1v) is 5.98. The van der Waals surface area contributed by atoms with Crippen molar-refractivity contribution in [3.63, 3.8) is 0 Å². The molecule has 0 radical (unpaired) electrons. The van der Waals surface area contributed by atoms with Crippen molar-refractivity contribution in [2.24, 2.45) is 5.73 Å². The number of allylic oxidation sites excluding steroid dienone is 5. The summed E-state index contributed by atoms with van der Waals surface area (Å²) in [7, 11) is 0. The van der Waals surface area contributed by atoms with Gasteiger partial charge in [0.2, 0.25) is 0 Å². The van der Waals surface area contributed by atoms with Gasteiger partial charge >= 0.3 is 0 Å². The minimum atomic E-state index is 0.0291. The summed E-state index contributed by atoms with van der Waals surface area (Å²) in [5.74, 6) is 0. The summed E-state index contributed by atoms with van der Waals surface area (Å²) in [5.41, 5.74) is 10.9. The van der Waals surface area contributed by atoms with Gasteiger partial charge in [0, 0.05) is 5.41 Å². The zero-order chi connectivity index (χ0) is 12.5. The van der Waals surface area contributed by atoms with Crippen LogP contribution in [0.1, 0.15) is 31.9 Å². The summed E-state index contributed by atoms with van der Waals surface area (Å²) in [6, 6.07) is 8.58. The molecule has 17 heavy (non-hydrogen) atoms. The quantitative estimate of drug-likeness (QED) is 0.814. The molecule has 0 saturated heterocycles. The molecule has 1 heteroatoms. The zero-order valence-corrected chi connectivity index (χ0v) is 10.7. The Hall–Kier alpha value is -1.76. The molecule has 0 atom stereocenters. The molecule has 0 unspecified atom stereocenters. The van der Waals surface area contributed by atoms with Gasteiger partial charge in [-0.15, -0.1) is 0 Å². The van der Waals surface area contributed by atoms with E-state index in [1.807, 2.05) is 13.0 Å². The van der Waals surface area contributed by atoms with E-state index in [-0.39, 0.29) is 5.41 Å². The van der Waals surface area contributed by atoms with Gasteiger partial charge in [-0.2, -0.15) is 0 Å². The average molecular weight is 225 g/mol. The number of fused-ring (bicyclic) bond motifs is 1. The lowest BCUT2D eigenvalue weighted by Gasteiger charge is -2.22. The number of nitrogens with two attached hydrogens (primary N) is 1. The van der Waals surface area contributed by atoms with E-state index in [0.29, 0.717) is 0 Å². The normalized spacial score (nSPS) is 18.3. The number of rotatable bonds is 2. The van der Waals surface area contributed by atoms with Gasteiger partial charge in [0.25, 0.3) is 0 Å². The van der Waals surface area contributed by atoms with Crippen molar-refractivity contribution < 1.29 is 0 Å². The highest BCUT2D eigenvalue weighted by atomic mass is 14.5. The first kappa shape index (κ1) is 11.7. The molecule has 2 N–H and O–H groups in total. The first-order chi connectivity index (χ1) is 8.12. The number of benzene rings is 1. The standard InChI is InChI=1S/C16H19N/c1-4-7-12-13-8-5-6-9-14(13)16(2,3)15(12)10-11-17/h4-11H,17H2,1-3H3/b7-4-,11-10+. The van der Waals surface area contributed by atoms with Crippen LogP contribution in [0, 0.1) is 0 Å². The molecule has 1 aromatic carbocycles. The second-order valence-corrected chi connectivity index (χ2v) is 4.86. The van der Waals surface area contributed by atoms with Crippen molar-refractivity contribution in [2.75, 3.05) is 0 Å². The highest BCUT2D eigenvalue weighted by Crippen LogP contribution is 2.46. The first-order valence-electron chi connectivity index (χ1n) is 5.98. The Balaban J connectivity index is 2.73. The van der Waals surface area contributed by atoms with Crippen molar-refractivity contribution >= 4 is 5.57 Å². The van der Waals surface area contributed by atoms with Crippen LogP contribution >= 0.6 is 0 Å². The van der Waals surface area contributed by atoms with E-state index in [1.54, 1.807) is 6.20 Å². The van der Waals surface area contributed by atoms with Crippen molar-refractivity contribution in [3.05, 3.63) is 65.4 Å². The minimum Gasteiger partial charge on any atom is -0.405 e. The van der Waals surface area contributed by atoms with Crippen molar-refractivity contribution in [2.45, 2.75) is 26.2 Å². The lowest BCUT2D eigenvalue weighted by atomic mass is 9.81. The van der Waals surface area contributed by atoms with E-state index in [1.165, 1.54) is 22.3 Å². The highest BCUT2D eigenvalue weighted by Gasteiger charge is 2.34. The fourth-order valence-electron chi connectivity index (χ4n) is 2.63. The zero-order valence-electron chi connectivity index (χ0n) is 10.7. The molecular weight excluding hydrogens is 206 g/mol. The Morgan fingerprint density at radius 1 is 1.12 bits per heavy atom. The molecule has 0 fully saturated rings. The molecule has 0 saturated carbocycles. The summed E-state index contributed by atoms with van der Waals surface area (Å²) in [5, 5.41) is 0. The molecular formula is C16H19N. The van der Waals surface area contributed by atoms with E-state index in [9.17, 15) is 0 Å². The van der Waals surface area contributed by atoms with Crippen LogP contribution in [0.25, 0.3) is 5.57 Å². The Kier molecular flexibility index (Phi) is 2.93. The third-order valence-electron chi connectivity index (χ3n) is 3.45. The van der Waals surface area contributed by atoms with Gasteiger partial charge in [-0.3, -0.25) is 0 Å². The second-order valence-electron chi connectivity index (χ2n) is 4.86. The van der Waals surface area contributed by atoms with Crippen LogP contribution < -0.4 is 5.73 Å². The van der Waals surface area contributed by atoms with Crippen molar-refractivity contribution in [1.82, 2.24) is 0 Å². The lowest BCUT2D eigenvalue weighted by molar-refractivity contribution is 0.654. The summed E-state index contributed by atoms with van der Waals surface area (Å²) in [4.78, 5) is 0. The minimum absolute atomic E-state index is 0.0291. The van der Waals surface area contributed by atoms with Gasteiger partial charge < -0.3 is 5.73 Å². The predicted octanol–water partition coefficient (Wildman–Crippen LogP) is 3.78. The maximum Gasteiger partial charge on any atom is 0.0159 e. The molecule has 0 spiro atoms. The Labute approximate surface area is 103 Å². The smallest absolute Gasteiger partial charge is 0.0159 e. The molecule has 0 bridgehead atoms. The Morgan fingerprint density at radius 2 is 1.82 bits per heavy atom. The second kappa shape index (κ2) is 4.25. The van der Waals surface area contributed by atoms with Crippen LogP contribution in [-0.2, 0) is 5.41 Å². The maximum atomic E-state index is 5.58. The molecule has 1 aliphatic rings. The van der Waals surface area contributed by atoms with E-state index in [2.05, 4.69) is 50.3 Å². The largest absolute Gasteiger partial charge is 0.405 e. The molecule has 88 valence electrons. The van der Waals surface area contributed by atoms with Gasteiger partial charge in [0.15, 0.2) is 0 Å². The van der Waals surface area contributed by atoms with E-state index < -0.39 is 0 Å². The lowest BCUT2D eigenvalue weighted by Crippen LogP contribution is -2.16. The third kappa shape index (κ3) is 1.72. The fraction of sp³-hybridized carbons (Fsp3) is 0.250. The maximum absolute atomic E-state index is 5.58. The topological polar surface area (TPSA) is 26.0 Å². The van der Waals surface area contributed by atoms with E-state index >= 15 is 0 Å². The molecule has 1 nitrogen and oxygen atoms in total. The highest BCUT2D eigenvalue weighted by molar-refractivity contribution is 5.87. The van der Waals surface area contributed by atoms with Gasteiger partial charge in [-0.25, -0.2) is 0 Å². The number of hydrogen-bond acceptors (Lipinski definition) is 1. The fourth-order valence-corrected chi connectivity index (χ4v) is 2.63. The van der Waals surface area contributed by atoms with Gasteiger partial charge in [-0.1, -0.05) is 50.3 Å². The Morgan fingerprint density at radius 3 is 2.47 bits per heavy atom. The molecule has 0 aromatic heterocycles. The van der Waals surface area contributed by atoms with Gasteiger partial charge in [0.1, 0.15) is 0 Å². The van der Waals surface area contributed by atoms with Crippen LogP contribution in [0.2, 0.25) is 0 Å². The summed E-state index contributed by atoms with van der Waals surface area (Å²) >= 11 is 0. The monoisotopic (exact) mass is 225 g/mol. The third-order valence-corrected chi connectivity index (χ3v) is 3.45. The van der Waals surface area contributed by atoms with Crippen LogP contribution in [0.15, 0.2) is 54.3 Å². The molecule has 0 aliphatic heterocycles. The van der Waals surface area contributed by atoms with Crippen LogP contribution in [0.5, 0.6) is 0 Å². The van der Waals surface area contributed by atoms with Crippen LogP contribution in [0.3, 0.4) is 0 Å². The average Bonchev–Trinajstić information content (AvgIpc) is 2.52. The van der Waals surface area contributed by atoms with E-state index in [4.69, 9.17) is 5.73 Å². The van der Waals surface area contributed by atoms with Crippen molar-refractivity contribution in [1.29, 1.82) is 0 Å². The van der Waals surface area contributed by atoms with Crippen LogP contribution in [-0.4, -0.2) is 0 Å². The summed E-state index contributed by atoms with van der Waals surface area (Å²) in [6.45, 7) is 6.54. The Bertz CT molecular complexity index is 516.